The molecule has 0 heterocycles. The summed E-state index contributed by atoms with van der Waals surface area (Å²) < 4.78 is 69.5. The Balaban J connectivity index is 2.04. The molecule has 0 bridgehead atoms. The van der Waals surface area contributed by atoms with E-state index < -0.39 is 39.7 Å². The van der Waals surface area contributed by atoms with Gasteiger partial charge in [0, 0.05) is 0 Å². The van der Waals surface area contributed by atoms with Crippen LogP contribution in [0.25, 0.3) is 6.08 Å². The quantitative estimate of drug-likeness (QED) is 0.292. The van der Waals surface area contributed by atoms with E-state index >= 15 is 4.39 Å². The Morgan fingerprint density at radius 2 is 0.943 bits per heavy atom. The lowest BCUT2D eigenvalue weighted by Crippen LogP contribution is -2.47. The molecule has 0 spiro atoms. The van der Waals surface area contributed by atoms with Gasteiger partial charge in [0.25, 0.3) is 0 Å². The van der Waals surface area contributed by atoms with Crippen LogP contribution in [-0.4, -0.2) is 21.2 Å². The van der Waals surface area contributed by atoms with Crippen LogP contribution < -0.4 is 0 Å². The van der Waals surface area contributed by atoms with E-state index in [1.807, 2.05) is 6.07 Å². The third kappa shape index (κ3) is 4.57. The van der Waals surface area contributed by atoms with Crippen molar-refractivity contribution in [1.82, 2.24) is 0 Å². The lowest BCUT2D eigenvalue weighted by molar-refractivity contribution is 0.331. The first-order chi connectivity index (χ1) is 16.8. The summed E-state index contributed by atoms with van der Waals surface area (Å²) in [5.41, 5.74) is 0.881. The molecule has 0 radical (unpaired) electrons. The fourth-order valence-electron chi connectivity index (χ4n) is 3.86. The summed E-state index contributed by atoms with van der Waals surface area (Å²) in [4.78, 5) is -0.841. The topological polar surface area (TPSA) is 68.3 Å². The summed E-state index contributed by atoms with van der Waals surface area (Å²) in [7, 11) is -10.1. The highest BCUT2D eigenvalue weighted by atomic mass is 32.3. The van der Waals surface area contributed by atoms with E-state index in [1.165, 1.54) is 72.8 Å². The van der Waals surface area contributed by atoms with E-state index in [0.717, 1.165) is 0 Å². The van der Waals surface area contributed by atoms with Crippen LogP contribution in [0.15, 0.2) is 137 Å². The molecule has 0 aromatic heterocycles. The van der Waals surface area contributed by atoms with Crippen LogP contribution >= 0.6 is 0 Å². The molecular weight excluding hydrogens is 483 g/mol. The molecule has 0 aliphatic heterocycles. The van der Waals surface area contributed by atoms with E-state index in [9.17, 15) is 16.8 Å². The molecule has 1 unspecified atom stereocenters. The first-order valence-electron chi connectivity index (χ1n) is 10.8. The van der Waals surface area contributed by atoms with Crippen molar-refractivity contribution in [3.63, 3.8) is 0 Å². The summed E-state index contributed by atoms with van der Waals surface area (Å²) >= 11 is 0. The maximum atomic E-state index is 17.5. The monoisotopic (exact) mass is 506 g/mol. The Hall–Kier alpha value is -3.55. The van der Waals surface area contributed by atoms with Gasteiger partial charge in [0.1, 0.15) is 0 Å². The minimum absolute atomic E-state index is 0.209. The summed E-state index contributed by atoms with van der Waals surface area (Å²) in [6.07, 6.45) is 2.85. The molecule has 0 saturated heterocycles. The highest BCUT2D eigenvalue weighted by molar-refractivity contribution is 8.10. The molecule has 0 fully saturated rings. The molecule has 4 rings (SSSR count). The molecule has 4 aromatic rings. The summed E-state index contributed by atoms with van der Waals surface area (Å²) in [5.74, 6) is -1.67. The summed E-state index contributed by atoms with van der Waals surface area (Å²) in [6, 6.07) is 30.5. The van der Waals surface area contributed by atoms with Crippen molar-refractivity contribution in [2.75, 3.05) is 0 Å². The van der Waals surface area contributed by atoms with Crippen molar-refractivity contribution in [3.8, 4) is 0 Å². The van der Waals surface area contributed by atoms with Crippen LogP contribution in [0, 0.1) is 0 Å². The lowest BCUT2D eigenvalue weighted by atomic mass is 9.98. The van der Waals surface area contributed by atoms with Gasteiger partial charge in [0.05, 0.1) is 15.7 Å². The summed E-state index contributed by atoms with van der Waals surface area (Å²) in [5, 5.41) is 0. The average molecular weight is 507 g/mol. The van der Waals surface area contributed by atoms with E-state index in [0.29, 0.717) is 5.56 Å². The van der Waals surface area contributed by atoms with Gasteiger partial charge in [-0.2, -0.15) is 0 Å². The average Bonchev–Trinajstić information content (AvgIpc) is 2.90. The van der Waals surface area contributed by atoms with E-state index in [1.54, 1.807) is 54.6 Å². The molecule has 0 aliphatic carbocycles. The number of benzene rings is 4. The van der Waals surface area contributed by atoms with Gasteiger partial charge in [0.15, 0.2) is 0 Å². The van der Waals surface area contributed by atoms with Crippen LogP contribution in [0.4, 0.5) is 4.39 Å². The minimum atomic E-state index is -5.06. The standard InChI is InChI=1S/C28H23FO4S2/c29-28(34(30,31)25-17-9-3-10-18-25,35(32,33)26-19-11-4-12-20-26)27(24-15-7-2-8-16-24)22-21-23-13-5-1-6-14-23/h1-22,27H/b22-21+. The van der Waals surface area contributed by atoms with Crippen LogP contribution in [0.1, 0.15) is 17.0 Å². The largest absolute Gasteiger partial charge is 0.327 e. The number of halogens is 1. The molecular formula is C28H23FO4S2. The van der Waals surface area contributed by atoms with E-state index in [4.69, 9.17) is 0 Å². The van der Waals surface area contributed by atoms with Gasteiger partial charge in [-0.25, -0.2) is 21.2 Å². The molecule has 0 saturated carbocycles. The second kappa shape index (κ2) is 9.98. The zero-order valence-corrected chi connectivity index (χ0v) is 20.2. The number of allylic oxidation sites excluding steroid dienone is 1. The lowest BCUT2D eigenvalue weighted by Gasteiger charge is -2.32. The highest BCUT2D eigenvalue weighted by Gasteiger charge is 2.62. The Kier molecular flexibility index (Phi) is 7.00. The molecule has 4 nitrogen and oxygen atoms in total. The van der Waals surface area contributed by atoms with Gasteiger partial charge in [-0.15, -0.1) is 0 Å². The normalized spacial score (nSPS) is 13.5. The van der Waals surface area contributed by atoms with Gasteiger partial charge >= 0.3 is 4.33 Å². The van der Waals surface area contributed by atoms with Crippen molar-refractivity contribution in [2.24, 2.45) is 0 Å². The SMILES string of the molecule is O=S(=O)(c1ccccc1)C(F)(C(/C=C/c1ccccc1)c1ccccc1)S(=O)(=O)c1ccccc1. The predicted octanol–water partition coefficient (Wildman–Crippen LogP) is 6.05. The van der Waals surface area contributed by atoms with Crippen molar-refractivity contribution in [2.45, 2.75) is 20.0 Å². The van der Waals surface area contributed by atoms with Crippen LogP contribution in [0.2, 0.25) is 0 Å². The first kappa shape index (κ1) is 24.6. The first-order valence-corrected chi connectivity index (χ1v) is 13.8. The minimum Gasteiger partial charge on any atom is -0.219 e. The predicted molar refractivity (Wildman–Crippen MR) is 136 cm³/mol. The Morgan fingerprint density at radius 1 is 0.571 bits per heavy atom. The molecule has 0 N–H and O–H groups in total. The van der Waals surface area contributed by atoms with Gasteiger partial charge < -0.3 is 0 Å². The van der Waals surface area contributed by atoms with Crippen molar-refractivity contribution in [1.29, 1.82) is 0 Å². The fraction of sp³-hybridized carbons (Fsp3) is 0.0714. The molecule has 35 heavy (non-hydrogen) atoms. The Morgan fingerprint density at radius 3 is 1.37 bits per heavy atom. The Labute approximate surface area is 205 Å². The van der Waals surface area contributed by atoms with E-state index in [-0.39, 0.29) is 5.56 Å². The van der Waals surface area contributed by atoms with Crippen molar-refractivity contribution >= 4 is 25.8 Å². The summed E-state index contributed by atoms with van der Waals surface area (Å²) in [6.45, 7) is 0. The van der Waals surface area contributed by atoms with Crippen LogP contribution in [0.3, 0.4) is 0 Å². The van der Waals surface area contributed by atoms with Gasteiger partial charge in [-0.05, 0) is 35.4 Å². The second-order valence-electron chi connectivity index (χ2n) is 7.87. The number of sulfone groups is 2. The molecule has 4 aromatic carbocycles. The fourth-order valence-corrected chi connectivity index (χ4v) is 8.36. The molecule has 7 heteroatoms. The molecule has 1 atom stereocenters. The number of hydrogen-bond acceptors (Lipinski definition) is 4. The van der Waals surface area contributed by atoms with Crippen molar-refractivity contribution in [3.05, 3.63) is 139 Å². The Bertz CT molecular complexity index is 1430. The highest BCUT2D eigenvalue weighted by Crippen LogP contribution is 2.48. The second-order valence-corrected chi connectivity index (χ2v) is 12.3. The van der Waals surface area contributed by atoms with Gasteiger partial charge in [-0.1, -0.05) is 109 Å². The van der Waals surface area contributed by atoms with Crippen molar-refractivity contribution < 1.29 is 21.2 Å². The van der Waals surface area contributed by atoms with Gasteiger partial charge in [-0.3, -0.25) is 0 Å². The van der Waals surface area contributed by atoms with Gasteiger partial charge in [0.2, 0.25) is 19.7 Å². The van der Waals surface area contributed by atoms with Crippen LogP contribution in [-0.2, 0) is 19.7 Å². The van der Waals surface area contributed by atoms with E-state index in [2.05, 4.69) is 0 Å². The number of hydrogen-bond donors (Lipinski definition) is 0. The molecule has 178 valence electrons. The zero-order valence-electron chi connectivity index (χ0n) is 18.6. The van der Waals surface area contributed by atoms with Crippen LogP contribution in [0.5, 0.6) is 0 Å². The molecule has 0 aliphatic rings. The number of rotatable bonds is 8. The maximum Gasteiger partial charge on any atom is 0.327 e. The third-order valence-corrected chi connectivity index (χ3v) is 10.7. The maximum absolute atomic E-state index is 17.5. The zero-order chi connectivity index (χ0) is 24.9. The molecule has 0 amide bonds. The third-order valence-electron chi connectivity index (χ3n) is 5.65. The number of alkyl halides is 1. The smallest absolute Gasteiger partial charge is 0.219 e.